The second-order valence-corrected chi connectivity index (χ2v) is 5.50. The molecule has 0 fully saturated rings. The van der Waals surface area contributed by atoms with Crippen LogP contribution in [0.15, 0.2) is 29.3 Å². The van der Waals surface area contributed by atoms with Crippen LogP contribution >= 0.6 is 28.7 Å². The van der Waals surface area contributed by atoms with E-state index in [-0.39, 0.29) is 29.6 Å². The van der Waals surface area contributed by atoms with Crippen LogP contribution in [-0.2, 0) is 10.5 Å². The number of hydrogen-bond donors (Lipinski definition) is 2. The maximum absolute atomic E-state index is 11.3. The van der Waals surface area contributed by atoms with Crippen LogP contribution in [0.5, 0.6) is 0 Å². The zero-order valence-electron chi connectivity index (χ0n) is 12.3. The molecule has 8 heteroatoms. The summed E-state index contributed by atoms with van der Waals surface area (Å²) in [6, 6.07) is 7.36. The summed E-state index contributed by atoms with van der Waals surface area (Å²) in [6.45, 7) is 2.08. The Bertz CT molecular complexity index is 511. The lowest BCUT2D eigenvalue weighted by Gasteiger charge is -2.25. The summed E-state index contributed by atoms with van der Waals surface area (Å²) in [4.78, 5) is 17.8. The number of benzene rings is 1. The smallest absolute Gasteiger partial charge is 0.337 e. The zero-order valence-corrected chi connectivity index (χ0v) is 14.8. The molecule has 2 N–H and O–H groups in total. The first kappa shape index (κ1) is 19.0. The number of nitrogens with one attached hydrogen (secondary N) is 1. The molecule has 2 rings (SSSR count). The number of ether oxygens (including phenoxy) is 1. The molecule has 0 amide bonds. The number of β-amino-alcohol motifs (C(OH)–C–C–N with tert-alkyl or cyclic N) is 1. The van der Waals surface area contributed by atoms with E-state index in [9.17, 15) is 4.79 Å². The number of aliphatic hydroxyl groups is 1. The third kappa shape index (κ3) is 5.60. The molecule has 0 aromatic heterocycles. The fourth-order valence-corrected chi connectivity index (χ4v) is 2.66. The van der Waals surface area contributed by atoms with Crippen LogP contribution in [0.3, 0.4) is 0 Å². The molecule has 1 aliphatic heterocycles. The van der Waals surface area contributed by atoms with Gasteiger partial charge in [-0.15, -0.1) is 17.0 Å². The Morgan fingerprint density at radius 3 is 2.73 bits per heavy atom. The van der Waals surface area contributed by atoms with E-state index in [1.54, 1.807) is 23.9 Å². The molecule has 0 saturated heterocycles. The van der Waals surface area contributed by atoms with Crippen molar-refractivity contribution in [2.45, 2.75) is 5.75 Å². The molecule has 0 radical (unpaired) electrons. The minimum absolute atomic E-state index is 0. The average Bonchev–Trinajstić information content (AvgIpc) is 2.54. The van der Waals surface area contributed by atoms with Gasteiger partial charge in [-0.2, -0.15) is 0 Å². The molecule has 1 aromatic carbocycles. The highest BCUT2D eigenvalue weighted by atomic mass is 79.9. The lowest BCUT2D eigenvalue weighted by Crippen LogP contribution is -2.42. The normalized spacial score (nSPS) is 14.5. The number of amidine groups is 1. The van der Waals surface area contributed by atoms with E-state index in [0.29, 0.717) is 25.4 Å². The summed E-state index contributed by atoms with van der Waals surface area (Å²) < 4.78 is 4.67. The standard InChI is InChI=1S/C14H19N3O3S.BrH/c1-20-13(19)12-4-2-11(3-5-12)8-21-14-15-9-17(6-7-18)10-16-14;/h2-5,18H,6-10H2,1H3,(H,15,16);1H. The number of carbonyl (C=O) groups is 1. The molecular formula is C14H20BrN3O3S. The van der Waals surface area contributed by atoms with E-state index in [1.807, 2.05) is 17.0 Å². The Balaban J connectivity index is 0.00000242. The fraction of sp³-hybridized carbons (Fsp3) is 0.429. The predicted molar refractivity (Wildman–Crippen MR) is 93.5 cm³/mol. The minimum atomic E-state index is -0.323. The highest BCUT2D eigenvalue weighted by Crippen LogP contribution is 2.15. The van der Waals surface area contributed by atoms with Crippen molar-refractivity contribution < 1.29 is 14.6 Å². The van der Waals surface area contributed by atoms with E-state index in [0.717, 1.165) is 16.5 Å². The summed E-state index contributed by atoms with van der Waals surface area (Å²) in [7, 11) is 1.37. The van der Waals surface area contributed by atoms with Crippen LogP contribution in [0.2, 0.25) is 0 Å². The summed E-state index contributed by atoms with van der Waals surface area (Å²) >= 11 is 1.62. The van der Waals surface area contributed by atoms with Gasteiger partial charge in [0, 0.05) is 12.3 Å². The van der Waals surface area contributed by atoms with Crippen LogP contribution in [0.4, 0.5) is 0 Å². The van der Waals surface area contributed by atoms with Gasteiger partial charge >= 0.3 is 5.97 Å². The Kier molecular flexibility index (Phi) is 8.47. The van der Waals surface area contributed by atoms with E-state index in [1.165, 1.54) is 7.11 Å². The summed E-state index contributed by atoms with van der Waals surface area (Å²) in [6.07, 6.45) is 0. The molecular weight excluding hydrogens is 370 g/mol. The molecule has 0 spiro atoms. The molecule has 122 valence electrons. The molecule has 0 atom stereocenters. The summed E-state index contributed by atoms with van der Waals surface area (Å²) in [5.74, 6) is 0.462. The number of thioether (sulfide) groups is 1. The number of aliphatic imine (C=N–C) groups is 1. The van der Waals surface area contributed by atoms with Gasteiger partial charge in [-0.25, -0.2) is 9.79 Å². The van der Waals surface area contributed by atoms with Gasteiger partial charge in [0.15, 0.2) is 5.17 Å². The largest absolute Gasteiger partial charge is 0.465 e. The summed E-state index contributed by atoms with van der Waals surface area (Å²) in [5.41, 5.74) is 1.67. The van der Waals surface area contributed by atoms with Gasteiger partial charge in [0.1, 0.15) is 0 Å². The maximum Gasteiger partial charge on any atom is 0.337 e. The molecule has 1 aliphatic rings. The van der Waals surface area contributed by atoms with Crippen molar-refractivity contribution in [2.75, 3.05) is 33.6 Å². The Morgan fingerprint density at radius 1 is 1.45 bits per heavy atom. The van der Waals surface area contributed by atoms with Crippen molar-refractivity contribution in [3.8, 4) is 0 Å². The van der Waals surface area contributed by atoms with Crippen LogP contribution in [0.1, 0.15) is 15.9 Å². The SMILES string of the molecule is Br.COC(=O)c1ccc(CSC2=NCN(CCO)CN2)cc1. The Labute approximate surface area is 144 Å². The van der Waals surface area contributed by atoms with E-state index in [4.69, 9.17) is 5.11 Å². The van der Waals surface area contributed by atoms with Gasteiger partial charge in [-0.05, 0) is 17.7 Å². The zero-order chi connectivity index (χ0) is 15.1. The molecule has 0 saturated carbocycles. The highest BCUT2D eigenvalue weighted by Gasteiger charge is 2.11. The second-order valence-electron chi connectivity index (χ2n) is 4.53. The van der Waals surface area contributed by atoms with E-state index >= 15 is 0 Å². The first-order valence-electron chi connectivity index (χ1n) is 6.64. The Morgan fingerprint density at radius 2 is 2.18 bits per heavy atom. The lowest BCUT2D eigenvalue weighted by molar-refractivity contribution is 0.0600. The number of aliphatic hydroxyl groups excluding tert-OH is 1. The molecule has 1 aromatic rings. The topological polar surface area (TPSA) is 74.2 Å². The summed E-state index contributed by atoms with van der Waals surface area (Å²) in [5, 5.41) is 13.0. The van der Waals surface area contributed by atoms with Gasteiger partial charge in [0.2, 0.25) is 0 Å². The maximum atomic E-state index is 11.3. The van der Waals surface area contributed by atoms with Crippen LogP contribution in [-0.4, -0.2) is 54.7 Å². The third-order valence-electron chi connectivity index (χ3n) is 3.04. The number of esters is 1. The van der Waals surface area contributed by atoms with Gasteiger partial charge < -0.3 is 15.2 Å². The van der Waals surface area contributed by atoms with Crippen molar-refractivity contribution in [3.05, 3.63) is 35.4 Å². The van der Waals surface area contributed by atoms with Crippen LogP contribution in [0.25, 0.3) is 0 Å². The van der Waals surface area contributed by atoms with Crippen molar-refractivity contribution in [1.82, 2.24) is 10.2 Å². The lowest BCUT2D eigenvalue weighted by atomic mass is 10.1. The molecule has 1 heterocycles. The van der Waals surface area contributed by atoms with Crippen molar-refractivity contribution >= 4 is 39.9 Å². The molecule has 0 bridgehead atoms. The Hall–Kier alpha value is -1.09. The number of hydrogen-bond acceptors (Lipinski definition) is 7. The van der Waals surface area contributed by atoms with Crippen LogP contribution < -0.4 is 5.32 Å². The highest BCUT2D eigenvalue weighted by molar-refractivity contribution is 8.93. The number of nitrogens with zero attached hydrogens (tertiary/aromatic N) is 2. The predicted octanol–water partition coefficient (Wildman–Crippen LogP) is 1.45. The first-order chi connectivity index (χ1) is 10.2. The second kappa shape index (κ2) is 9.83. The van der Waals surface area contributed by atoms with E-state index in [2.05, 4.69) is 15.0 Å². The molecule has 6 nitrogen and oxygen atoms in total. The molecule has 0 aliphatic carbocycles. The number of methoxy groups -OCH3 is 1. The minimum Gasteiger partial charge on any atom is -0.465 e. The number of halogens is 1. The van der Waals surface area contributed by atoms with Gasteiger partial charge in [0.05, 0.1) is 32.6 Å². The average molecular weight is 390 g/mol. The van der Waals surface area contributed by atoms with Gasteiger partial charge in [0.25, 0.3) is 0 Å². The molecule has 22 heavy (non-hydrogen) atoms. The van der Waals surface area contributed by atoms with Crippen molar-refractivity contribution in [3.63, 3.8) is 0 Å². The number of rotatable bonds is 5. The van der Waals surface area contributed by atoms with Gasteiger partial charge in [-0.1, -0.05) is 23.9 Å². The number of carbonyl (C=O) groups excluding carboxylic acids is 1. The van der Waals surface area contributed by atoms with Crippen molar-refractivity contribution in [2.24, 2.45) is 4.99 Å². The van der Waals surface area contributed by atoms with E-state index < -0.39 is 0 Å². The van der Waals surface area contributed by atoms with Gasteiger partial charge in [-0.3, -0.25) is 4.90 Å². The van der Waals surface area contributed by atoms with Crippen molar-refractivity contribution in [1.29, 1.82) is 0 Å². The van der Waals surface area contributed by atoms with Crippen LogP contribution in [0, 0.1) is 0 Å². The molecule has 0 unspecified atom stereocenters. The monoisotopic (exact) mass is 389 g/mol. The first-order valence-corrected chi connectivity index (χ1v) is 7.63. The fourth-order valence-electron chi connectivity index (χ4n) is 1.84. The third-order valence-corrected chi connectivity index (χ3v) is 4.06. The quantitative estimate of drug-likeness (QED) is 0.742.